The minimum absolute atomic E-state index is 0.0575. The first kappa shape index (κ1) is 15.9. The third-order valence-electron chi connectivity index (χ3n) is 3.98. The summed E-state index contributed by atoms with van der Waals surface area (Å²) in [6.45, 7) is 13.6. The molecule has 1 heterocycles. The molecule has 1 aliphatic rings. The van der Waals surface area contributed by atoms with Crippen molar-refractivity contribution in [2.24, 2.45) is 5.41 Å². The van der Waals surface area contributed by atoms with Crippen molar-refractivity contribution in [1.29, 1.82) is 0 Å². The second-order valence-electron chi connectivity index (χ2n) is 6.73. The van der Waals surface area contributed by atoms with Gasteiger partial charge in [-0.25, -0.2) is 0 Å². The van der Waals surface area contributed by atoms with Crippen molar-refractivity contribution in [3.05, 3.63) is 0 Å². The van der Waals surface area contributed by atoms with E-state index in [9.17, 15) is 5.11 Å². The predicted octanol–water partition coefficient (Wildman–Crippen LogP) is 2.25. The summed E-state index contributed by atoms with van der Waals surface area (Å²) < 4.78 is 0. The highest BCUT2D eigenvalue weighted by atomic mass is 16.3. The Balaban J connectivity index is 2.32. The number of rotatable bonds is 6. The Morgan fingerprint density at radius 2 is 1.89 bits per heavy atom. The normalized spacial score (nSPS) is 21.2. The molecule has 2 N–H and O–H groups in total. The Labute approximate surface area is 113 Å². The van der Waals surface area contributed by atoms with Crippen LogP contribution in [-0.4, -0.2) is 48.3 Å². The fraction of sp³-hybridized carbons (Fsp3) is 1.00. The number of piperidine rings is 1. The molecule has 108 valence electrons. The number of hydrogen-bond donors (Lipinski definition) is 2. The highest BCUT2D eigenvalue weighted by Gasteiger charge is 2.25. The van der Waals surface area contributed by atoms with Crippen LogP contribution < -0.4 is 5.32 Å². The number of nitrogens with one attached hydrogen (secondary N) is 1. The molecule has 0 aromatic carbocycles. The molecule has 0 bridgehead atoms. The molecule has 1 saturated heterocycles. The molecule has 1 aliphatic heterocycles. The average Bonchev–Trinajstić information content (AvgIpc) is 2.30. The Hall–Kier alpha value is -0.120. The monoisotopic (exact) mass is 256 g/mol. The molecule has 1 unspecified atom stereocenters. The number of aliphatic hydroxyl groups is 1. The van der Waals surface area contributed by atoms with E-state index in [4.69, 9.17) is 0 Å². The van der Waals surface area contributed by atoms with Crippen LogP contribution in [-0.2, 0) is 0 Å². The van der Waals surface area contributed by atoms with Crippen LogP contribution in [0.2, 0.25) is 0 Å². The van der Waals surface area contributed by atoms with E-state index >= 15 is 0 Å². The lowest BCUT2D eigenvalue weighted by molar-refractivity contribution is 0.0776. The molecule has 0 amide bonds. The van der Waals surface area contributed by atoms with E-state index in [-0.39, 0.29) is 6.10 Å². The Morgan fingerprint density at radius 3 is 2.39 bits per heavy atom. The van der Waals surface area contributed by atoms with E-state index < -0.39 is 0 Å². The topological polar surface area (TPSA) is 35.5 Å². The molecular weight excluding hydrogens is 224 g/mol. The zero-order valence-electron chi connectivity index (χ0n) is 12.7. The van der Waals surface area contributed by atoms with E-state index in [0.29, 0.717) is 11.5 Å². The maximum Gasteiger partial charge on any atom is 0.0564 e. The van der Waals surface area contributed by atoms with Crippen molar-refractivity contribution in [3.8, 4) is 0 Å². The van der Waals surface area contributed by atoms with Gasteiger partial charge in [-0.05, 0) is 44.2 Å². The smallest absolute Gasteiger partial charge is 0.0564 e. The van der Waals surface area contributed by atoms with Gasteiger partial charge in [-0.3, -0.25) is 0 Å². The van der Waals surface area contributed by atoms with Crippen LogP contribution in [0, 0.1) is 5.41 Å². The molecule has 1 fully saturated rings. The lowest BCUT2D eigenvalue weighted by atomic mass is 9.84. The first-order chi connectivity index (χ1) is 8.43. The number of likely N-dealkylation sites (tertiary alicyclic amines) is 1. The zero-order chi connectivity index (χ0) is 13.6. The fourth-order valence-electron chi connectivity index (χ4n) is 2.61. The SMILES string of the molecule is CCCNC(CCN1CCC(O)CC1)C(C)(C)C. The number of aliphatic hydroxyl groups excluding tert-OH is 1. The van der Waals surface area contributed by atoms with Gasteiger partial charge >= 0.3 is 0 Å². The third kappa shape index (κ3) is 5.68. The summed E-state index contributed by atoms with van der Waals surface area (Å²) in [6, 6.07) is 0.587. The molecule has 0 spiro atoms. The van der Waals surface area contributed by atoms with Crippen LogP contribution in [0.1, 0.15) is 53.4 Å². The van der Waals surface area contributed by atoms with Crippen LogP contribution in [0.15, 0.2) is 0 Å². The third-order valence-corrected chi connectivity index (χ3v) is 3.98. The van der Waals surface area contributed by atoms with Crippen molar-refractivity contribution in [2.75, 3.05) is 26.2 Å². The van der Waals surface area contributed by atoms with E-state index in [1.807, 2.05) is 0 Å². The Kier molecular flexibility index (Phi) is 6.61. The second-order valence-corrected chi connectivity index (χ2v) is 6.73. The molecular formula is C15H32N2O. The van der Waals surface area contributed by atoms with E-state index in [0.717, 1.165) is 39.0 Å². The van der Waals surface area contributed by atoms with E-state index in [2.05, 4.69) is 37.9 Å². The summed E-state index contributed by atoms with van der Waals surface area (Å²) in [5, 5.41) is 13.2. The summed E-state index contributed by atoms with van der Waals surface area (Å²) in [6.07, 6.45) is 4.24. The van der Waals surface area contributed by atoms with Gasteiger partial charge in [0.15, 0.2) is 0 Å². The van der Waals surface area contributed by atoms with Crippen molar-refractivity contribution >= 4 is 0 Å². The summed E-state index contributed by atoms with van der Waals surface area (Å²) in [7, 11) is 0. The molecule has 3 heteroatoms. The fourth-order valence-corrected chi connectivity index (χ4v) is 2.61. The van der Waals surface area contributed by atoms with Crippen molar-refractivity contribution in [3.63, 3.8) is 0 Å². The minimum Gasteiger partial charge on any atom is -0.393 e. The summed E-state index contributed by atoms with van der Waals surface area (Å²) in [5.41, 5.74) is 0.324. The molecule has 0 radical (unpaired) electrons. The minimum atomic E-state index is -0.0575. The van der Waals surface area contributed by atoms with Crippen molar-refractivity contribution < 1.29 is 5.11 Å². The predicted molar refractivity (Wildman–Crippen MR) is 77.8 cm³/mol. The maximum atomic E-state index is 9.51. The van der Waals surface area contributed by atoms with Crippen LogP contribution >= 0.6 is 0 Å². The van der Waals surface area contributed by atoms with Crippen LogP contribution in [0.25, 0.3) is 0 Å². The lowest BCUT2D eigenvalue weighted by Gasteiger charge is -2.35. The molecule has 0 aliphatic carbocycles. The lowest BCUT2D eigenvalue weighted by Crippen LogP contribution is -2.44. The van der Waals surface area contributed by atoms with Crippen LogP contribution in [0.5, 0.6) is 0 Å². The zero-order valence-corrected chi connectivity index (χ0v) is 12.7. The van der Waals surface area contributed by atoms with E-state index in [1.54, 1.807) is 0 Å². The van der Waals surface area contributed by atoms with Gasteiger partial charge in [0.05, 0.1) is 6.10 Å². The van der Waals surface area contributed by atoms with Gasteiger partial charge in [-0.1, -0.05) is 27.7 Å². The molecule has 3 nitrogen and oxygen atoms in total. The number of nitrogens with zero attached hydrogens (tertiary/aromatic N) is 1. The molecule has 18 heavy (non-hydrogen) atoms. The van der Waals surface area contributed by atoms with Crippen LogP contribution in [0.4, 0.5) is 0 Å². The summed E-state index contributed by atoms with van der Waals surface area (Å²) in [5.74, 6) is 0. The first-order valence-corrected chi connectivity index (χ1v) is 7.57. The van der Waals surface area contributed by atoms with Gasteiger partial charge in [-0.2, -0.15) is 0 Å². The van der Waals surface area contributed by atoms with Crippen LogP contribution in [0.3, 0.4) is 0 Å². The highest BCUT2D eigenvalue weighted by molar-refractivity contribution is 4.82. The van der Waals surface area contributed by atoms with Gasteiger partial charge < -0.3 is 15.3 Å². The standard InChI is InChI=1S/C15H32N2O/c1-5-9-16-14(15(2,3)4)8-12-17-10-6-13(18)7-11-17/h13-14,16,18H,5-12H2,1-4H3. The number of hydrogen-bond acceptors (Lipinski definition) is 3. The van der Waals surface area contributed by atoms with Crippen molar-refractivity contribution in [1.82, 2.24) is 10.2 Å². The average molecular weight is 256 g/mol. The summed E-state index contributed by atoms with van der Waals surface area (Å²) >= 11 is 0. The quantitative estimate of drug-likeness (QED) is 0.765. The van der Waals surface area contributed by atoms with Gasteiger partial charge in [0, 0.05) is 19.1 Å². The van der Waals surface area contributed by atoms with Gasteiger partial charge in [-0.15, -0.1) is 0 Å². The highest BCUT2D eigenvalue weighted by Crippen LogP contribution is 2.22. The van der Waals surface area contributed by atoms with Gasteiger partial charge in [0.2, 0.25) is 0 Å². The van der Waals surface area contributed by atoms with Crippen molar-refractivity contribution in [2.45, 2.75) is 65.5 Å². The van der Waals surface area contributed by atoms with Gasteiger partial charge in [0.25, 0.3) is 0 Å². The molecule has 1 atom stereocenters. The largest absolute Gasteiger partial charge is 0.393 e. The molecule has 0 saturated carbocycles. The van der Waals surface area contributed by atoms with Gasteiger partial charge in [0.1, 0.15) is 0 Å². The molecule has 1 rings (SSSR count). The summed E-state index contributed by atoms with van der Waals surface area (Å²) in [4.78, 5) is 2.50. The Morgan fingerprint density at radius 1 is 1.28 bits per heavy atom. The maximum absolute atomic E-state index is 9.51. The molecule has 0 aromatic heterocycles. The Bertz CT molecular complexity index is 217. The van der Waals surface area contributed by atoms with E-state index in [1.165, 1.54) is 12.8 Å². The second kappa shape index (κ2) is 7.46. The first-order valence-electron chi connectivity index (χ1n) is 7.57. The molecule has 0 aromatic rings.